The number of benzene rings is 2. The number of nitrogens with zero attached hydrogens (tertiary/aromatic N) is 1. The van der Waals surface area contributed by atoms with Gasteiger partial charge in [-0.1, -0.05) is 23.2 Å². The average Bonchev–Trinajstić information content (AvgIpc) is 3.06. The molecule has 9 heteroatoms. The Morgan fingerprint density at radius 3 is 2.38 bits per heavy atom. The molecule has 29 heavy (non-hydrogen) atoms. The molecule has 1 N–H and O–H groups in total. The smallest absolute Gasteiger partial charge is 0.416 e. The van der Waals surface area contributed by atoms with E-state index in [9.17, 15) is 23.1 Å². The van der Waals surface area contributed by atoms with E-state index in [2.05, 4.69) is 4.98 Å². The lowest BCUT2D eigenvalue weighted by atomic mass is 10.1. The first-order valence-electron chi connectivity index (χ1n) is 8.12. The number of alkyl halides is 3. The van der Waals surface area contributed by atoms with Gasteiger partial charge >= 0.3 is 6.18 Å². The fraction of sp³-hybridized carbons (Fsp3) is 0.100. The van der Waals surface area contributed by atoms with Gasteiger partial charge in [0, 0.05) is 5.56 Å². The summed E-state index contributed by atoms with van der Waals surface area (Å²) in [5.74, 6) is -0.739. The first kappa shape index (κ1) is 21.0. The molecule has 0 aliphatic rings. The number of ketones is 1. The monoisotopic (exact) mass is 441 g/mol. The number of carbonyl (C=O) groups excluding carboxylic acids is 1. The molecule has 2 aromatic carbocycles. The van der Waals surface area contributed by atoms with Crippen LogP contribution in [0.25, 0.3) is 17.5 Å². The molecule has 0 bridgehead atoms. The van der Waals surface area contributed by atoms with Gasteiger partial charge in [0.05, 0.1) is 16.3 Å². The second kappa shape index (κ2) is 7.93. The van der Waals surface area contributed by atoms with Gasteiger partial charge < -0.3 is 9.52 Å². The summed E-state index contributed by atoms with van der Waals surface area (Å²) < 4.78 is 43.5. The summed E-state index contributed by atoms with van der Waals surface area (Å²) in [6.07, 6.45) is -1.86. The predicted molar refractivity (Wildman–Crippen MR) is 103 cm³/mol. The van der Waals surface area contributed by atoms with Crippen molar-refractivity contribution in [1.29, 1.82) is 0 Å². The van der Waals surface area contributed by atoms with Crippen LogP contribution in [0, 0.1) is 6.92 Å². The predicted octanol–water partition coefficient (Wildman–Crippen LogP) is 6.58. The molecular weight excluding hydrogens is 430 g/mol. The Morgan fingerprint density at radius 2 is 1.76 bits per heavy atom. The SMILES string of the molecule is Cc1nc(-c2ccc(C(F)(F)F)cc2)oc1C(=O)/C=C/c1ccc(O)c(Cl)c1Cl. The van der Waals surface area contributed by atoms with Crippen molar-refractivity contribution in [3.05, 3.63) is 75.1 Å². The number of hydrogen-bond acceptors (Lipinski definition) is 4. The summed E-state index contributed by atoms with van der Waals surface area (Å²) in [6, 6.07) is 7.07. The van der Waals surface area contributed by atoms with Crippen LogP contribution in [-0.2, 0) is 6.18 Å². The minimum atomic E-state index is -4.45. The van der Waals surface area contributed by atoms with E-state index in [-0.39, 0.29) is 33.1 Å². The van der Waals surface area contributed by atoms with Crippen LogP contribution in [0.4, 0.5) is 13.2 Å². The molecule has 0 atom stereocenters. The summed E-state index contributed by atoms with van der Waals surface area (Å²) in [4.78, 5) is 16.5. The number of halogens is 5. The van der Waals surface area contributed by atoms with Crippen molar-refractivity contribution in [2.45, 2.75) is 13.1 Å². The van der Waals surface area contributed by atoms with Crippen molar-refractivity contribution in [2.75, 3.05) is 0 Å². The number of oxazole rings is 1. The number of aromatic hydroxyl groups is 1. The quantitative estimate of drug-likeness (QED) is 0.366. The zero-order valence-corrected chi connectivity index (χ0v) is 16.2. The number of aromatic nitrogens is 1. The molecule has 1 heterocycles. The first-order valence-corrected chi connectivity index (χ1v) is 8.88. The number of aryl methyl sites for hydroxylation is 1. The van der Waals surface area contributed by atoms with Gasteiger partial charge in [0.15, 0.2) is 5.76 Å². The second-order valence-electron chi connectivity index (χ2n) is 6.01. The van der Waals surface area contributed by atoms with Crippen LogP contribution in [0.3, 0.4) is 0 Å². The van der Waals surface area contributed by atoms with Crippen molar-refractivity contribution in [3.8, 4) is 17.2 Å². The van der Waals surface area contributed by atoms with Gasteiger partial charge in [0.25, 0.3) is 0 Å². The Kier molecular flexibility index (Phi) is 5.73. The first-order chi connectivity index (χ1) is 13.6. The van der Waals surface area contributed by atoms with E-state index in [1.54, 1.807) is 6.92 Å². The zero-order valence-electron chi connectivity index (χ0n) is 14.7. The zero-order chi connectivity index (χ0) is 21.3. The Bertz CT molecular complexity index is 1100. The maximum Gasteiger partial charge on any atom is 0.416 e. The molecular formula is C20H12Cl2F3NO3. The molecule has 0 unspecified atom stereocenters. The van der Waals surface area contributed by atoms with Crippen molar-refractivity contribution in [2.24, 2.45) is 0 Å². The minimum absolute atomic E-state index is 0.0266. The average molecular weight is 442 g/mol. The molecule has 4 nitrogen and oxygen atoms in total. The number of allylic oxidation sites excluding steroid dienone is 1. The largest absolute Gasteiger partial charge is 0.506 e. The van der Waals surface area contributed by atoms with Gasteiger partial charge in [-0.2, -0.15) is 13.2 Å². The van der Waals surface area contributed by atoms with E-state index in [1.807, 2.05) is 0 Å². The van der Waals surface area contributed by atoms with Crippen molar-refractivity contribution in [3.63, 3.8) is 0 Å². The van der Waals surface area contributed by atoms with Gasteiger partial charge in [0.1, 0.15) is 10.8 Å². The number of carbonyl (C=O) groups is 1. The highest BCUT2D eigenvalue weighted by Crippen LogP contribution is 2.34. The maximum atomic E-state index is 12.7. The molecule has 0 saturated carbocycles. The minimum Gasteiger partial charge on any atom is -0.506 e. The lowest BCUT2D eigenvalue weighted by Gasteiger charge is -2.06. The highest BCUT2D eigenvalue weighted by Gasteiger charge is 2.30. The van der Waals surface area contributed by atoms with Gasteiger partial charge in [-0.15, -0.1) is 0 Å². The van der Waals surface area contributed by atoms with Crippen LogP contribution in [0.15, 0.2) is 46.9 Å². The van der Waals surface area contributed by atoms with Gasteiger partial charge in [-0.25, -0.2) is 4.98 Å². The van der Waals surface area contributed by atoms with Crippen LogP contribution >= 0.6 is 23.2 Å². The number of phenols is 1. The van der Waals surface area contributed by atoms with Crippen LogP contribution in [0.2, 0.25) is 10.0 Å². The number of phenolic OH excluding ortho intramolecular Hbond substituents is 1. The third-order valence-corrected chi connectivity index (χ3v) is 4.87. The molecule has 3 rings (SSSR count). The standard InChI is InChI=1S/C20H12Cl2F3NO3/c1-10-18(15(28)9-5-11-4-8-14(27)17(22)16(11)21)29-19(26-10)12-2-6-13(7-3-12)20(23,24)25/h2-9,27H,1H3/b9-5+. The Hall–Kier alpha value is -2.77. The maximum absolute atomic E-state index is 12.7. The molecule has 0 spiro atoms. The van der Waals surface area contributed by atoms with Crippen LogP contribution in [0.1, 0.15) is 27.4 Å². The summed E-state index contributed by atoms with van der Waals surface area (Å²) in [5.41, 5.74) is 0.193. The van der Waals surface area contributed by atoms with E-state index < -0.39 is 17.5 Å². The van der Waals surface area contributed by atoms with Crippen LogP contribution < -0.4 is 0 Å². The molecule has 3 aromatic rings. The fourth-order valence-corrected chi connectivity index (χ4v) is 2.87. The topological polar surface area (TPSA) is 63.3 Å². The molecule has 0 fully saturated rings. The summed E-state index contributed by atoms with van der Waals surface area (Å²) in [5, 5.41) is 9.53. The molecule has 0 aliphatic heterocycles. The Morgan fingerprint density at radius 1 is 1.10 bits per heavy atom. The fourth-order valence-electron chi connectivity index (χ4n) is 2.47. The third-order valence-electron chi connectivity index (χ3n) is 3.99. The second-order valence-corrected chi connectivity index (χ2v) is 6.76. The Balaban J connectivity index is 1.85. The highest BCUT2D eigenvalue weighted by atomic mass is 35.5. The van der Waals surface area contributed by atoms with Gasteiger partial charge in [-0.3, -0.25) is 4.79 Å². The number of hydrogen-bond donors (Lipinski definition) is 1. The van der Waals surface area contributed by atoms with Gasteiger partial charge in [0.2, 0.25) is 11.7 Å². The van der Waals surface area contributed by atoms with Crippen LogP contribution in [0.5, 0.6) is 5.75 Å². The van der Waals surface area contributed by atoms with Crippen molar-refractivity contribution >= 4 is 35.1 Å². The van der Waals surface area contributed by atoms with Crippen molar-refractivity contribution < 1.29 is 27.5 Å². The lowest BCUT2D eigenvalue weighted by Crippen LogP contribution is -2.03. The third kappa shape index (κ3) is 4.46. The highest BCUT2D eigenvalue weighted by molar-refractivity contribution is 6.43. The summed E-state index contributed by atoms with van der Waals surface area (Å²) in [6.45, 7) is 1.54. The van der Waals surface area contributed by atoms with Crippen molar-refractivity contribution in [1.82, 2.24) is 4.98 Å². The summed E-state index contributed by atoms with van der Waals surface area (Å²) in [7, 11) is 0. The van der Waals surface area contributed by atoms with Gasteiger partial charge in [-0.05, 0) is 61.0 Å². The lowest BCUT2D eigenvalue weighted by molar-refractivity contribution is -0.137. The molecule has 0 radical (unpaired) electrons. The normalized spacial score (nSPS) is 11.9. The number of rotatable bonds is 4. The summed E-state index contributed by atoms with van der Waals surface area (Å²) >= 11 is 11.9. The molecule has 0 amide bonds. The van der Waals surface area contributed by atoms with Crippen LogP contribution in [-0.4, -0.2) is 15.9 Å². The Labute approximate surface area is 173 Å². The van der Waals surface area contributed by atoms with E-state index in [0.717, 1.165) is 12.1 Å². The molecule has 150 valence electrons. The molecule has 0 aliphatic carbocycles. The molecule has 0 saturated heterocycles. The van der Waals surface area contributed by atoms with E-state index in [0.29, 0.717) is 11.1 Å². The van der Waals surface area contributed by atoms with E-state index in [1.165, 1.54) is 36.4 Å². The van der Waals surface area contributed by atoms with E-state index >= 15 is 0 Å². The van der Waals surface area contributed by atoms with E-state index in [4.69, 9.17) is 27.6 Å². The molecule has 1 aromatic heterocycles.